The lowest BCUT2D eigenvalue weighted by Crippen LogP contribution is -2.65. The second kappa shape index (κ2) is 5.87. The van der Waals surface area contributed by atoms with E-state index < -0.39 is 0 Å². The lowest BCUT2D eigenvalue weighted by atomic mass is 9.95. The number of ether oxygens (including phenoxy) is 1. The molecular weight excluding hydrogens is 226 g/mol. The van der Waals surface area contributed by atoms with Crippen LogP contribution in [0.3, 0.4) is 0 Å². The van der Waals surface area contributed by atoms with Crippen LogP contribution in [0.5, 0.6) is 0 Å². The van der Waals surface area contributed by atoms with Crippen molar-refractivity contribution < 1.29 is 4.74 Å². The second-order valence-electron chi connectivity index (χ2n) is 6.46. The number of piperazine rings is 1. The lowest BCUT2D eigenvalue weighted by molar-refractivity contribution is -0.0257. The summed E-state index contributed by atoms with van der Waals surface area (Å²) >= 11 is 0. The Morgan fingerprint density at radius 3 is 2.78 bits per heavy atom. The molecule has 18 heavy (non-hydrogen) atoms. The van der Waals surface area contributed by atoms with Gasteiger partial charge in [0.15, 0.2) is 0 Å². The van der Waals surface area contributed by atoms with E-state index in [1.54, 1.807) is 0 Å². The summed E-state index contributed by atoms with van der Waals surface area (Å²) in [6.45, 7) is 10.1. The van der Waals surface area contributed by atoms with Gasteiger partial charge in [0.2, 0.25) is 0 Å². The Kier molecular flexibility index (Phi) is 4.64. The molecule has 2 atom stereocenters. The van der Waals surface area contributed by atoms with Crippen molar-refractivity contribution in [2.24, 2.45) is 0 Å². The summed E-state index contributed by atoms with van der Waals surface area (Å²) in [6.07, 6.45) is 2.95. The molecule has 106 valence electrons. The van der Waals surface area contributed by atoms with E-state index in [0.29, 0.717) is 12.1 Å². The van der Waals surface area contributed by atoms with Gasteiger partial charge < -0.3 is 10.1 Å². The first-order valence-corrected chi connectivity index (χ1v) is 7.24. The molecule has 2 saturated heterocycles. The first kappa shape index (κ1) is 14.3. The molecule has 0 aromatic heterocycles. The SMILES string of the molecule is CNCC1CN(CC2CCCO2)CC(C)(C)N1C. The summed E-state index contributed by atoms with van der Waals surface area (Å²) < 4.78 is 5.78. The third-order valence-electron chi connectivity index (χ3n) is 4.51. The van der Waals surface area contributed by atoms with E-state index in [4.69, 9.17) is 4.74 Å². The summed E-state index contributed by atoms with van der Waals surface area (Å²) in [7, 11) is 4.30. The fourth-order valence-corrected chi connectivity index (χ4v) is 3.29. The molecule has 2 fully saturated rings. The summed E-state index contributed by atoms with van der Waals surface area (Å²) in [5, 5.41) is 3.32. The molecule has 0 radical (unpaired) electrons. The largest absolute Gasteiger partial charge is 0.377 e. The van der Waals surface area contributed by atoms with Gasteiger partial charge in [0, 0.05) is 44.4 Å². The molecule has 4 nitrogen and oxygen atoms in total. The number of hydrogen-bond acceptors (Lipinski definition) is 4. The van der Waals surface area contributed by atoms with Crippen LogP contribution in [0.1, 0.15) is 26.7 Å². The normalized spacial score (nSPS) is 34.0. The van der Waals surface area contributed by atoms with E-state index >= 15 is 0 Å². The smallest absolute Gasteiger partial charge is 0.0702 e. The van der Waals surface area contributed by atoms with Gasteiger partial charge in [0.1, 0.15) is 0 Å². The van der Waals surface area contributed by atoms with Crippen LogP contribution in [0.15, 0.2) is 0 Å². The van der Waals surface area contributed by atoms with Crippen LogP contribution in [-0.2, 0) is 4.74 Å². The average Bonchev–Trinajstić information content (AvgIpc) is 2.78. The van der Waals surface area contributed by atoms with Crippen molar-refractivity contribution in [1.29, 1.82) is 0 Å². The highest BCUT2D eigenvalue weighted by molar-refractivity contribution is 4.95. The number of hydrogen-bond donors (Lipinski definition) is 1. The van der Waals surface area contributed by atoms with E-state index in [-0.39, 0.29) is 5.54 Å². The van der Waals surface area contributed by atoms with Crippen molar-refractivity contribution in [1.82, 2.24) is 15.1 Å². The Morgan fingerprint density at radius 1 is 1.39 bits per heavy atom. The van der Waals surface area contributed by atoms with Crippen molar-refractivity contribution >= 4 is 0 Å². The van der Waals surface area contributed by atoms with E-state index in [1.807, 2.05) is 7.05 Å². The van der Waals surface area contributed by atoms with Crippen LogP contribution >= 0.6 is 0 Å². The third-order valence-corrected chi connectivity index (χ3v) is 4.51. The molecule has 1 N–H and O–H groups in total. The Balaban J connectivity index is 1.94. The second-order valence-corrected chi connectivity index (χ2v) is 6.46. The molecule has 2 rings (SSSR count). The summed E-state index contributed by atoms with van der Waals surface area (Å²) in [5.74, 6) is 0. The Bertz CT molecular complexity index is 264. The quantitative estimate of drug-likeness (QED) is 0.803. The van der Waals surface area contributed by atoms with Crippen molar-refractivity contribution in [3.63, 3.8) is 0 Å². The first-order chi connectivity index (χ1) is 8.53. The fourth-order valence-electron chi connectivity index (χ4n) is 3.29. The zero-order valence-electron chi connectivity index (χ0n) is 12.4. The standard InChI is InChI=1S/C14H29N3O/c1-14(2)11-17(10-13-6-5-7-18-13)9-12(8-15-3)16(14)4/h12-13,15H,5-11H2,1-4H3. The average molecular weight is 255 g/mol. The molecule has 0 spiro atoms. The maximum Gasteiger partial charge on any atom is 0.0702 e. The molecule has 4 heteroatoms. The van der Waals surface area contributed by atoms with Crippen LogP contribution in [0, 0.1) is 0 Å². The molecule has 0 aromatic rings. The number of likely N-dealkylation sites (N-methyl/N-ethyl adjacent to an activating group) is 2. The minimum atomic E-state index is 0.248. The zero-order chi connectivity index (χ0) is 13.2. The highest BCUT2D eigenvalue weighted by Crippen LogP contribution is 2.24. The molecule has 2 unspecified atom stereocenters. The van der Waals surface area contributed by atoms with Crippen LogP contribution in [0.25, 0.3) is 0 Å². The van der Waals surface area contributed by atoms with Gasteiger partial charge in [0.05, 0.1) is 6.10 Å². The van der Waals surface area contributed by atoms with Gasteiger partial charge in [-0.05, 0) is 40.8 Å². The van der Waals surface area contributed by atoms with Gasteiger partial charge in [0.25, 0.3) is 0 Å². The van der Waals surface area contributed by atoms with Crippen molar-refractivity contribution in [2.75, 3.05) is 46.9 Å². The molecule has 2 aliphatic rings. The number of nitrogens with one attached hydrogen (secondary N) is 1. The molecule has 0 bridgehead atoms. The molecule has 0 amide bonds. The lowest BCUT2D eigenvalue weighted by Gasteiger charge is -2.50. The third kappa shape index (κ3) is 3.23. The van der Waals surface area contributed by atoms with Crippen molar-refractivity contribution in [3.05, 3.63) is 0 Å². The van der Waals surface area contributed by atoms with Crippen LogP contribution in [0.2, 0.25) is 0 Å². The summed E-state index contributed by atoms with van der Waals surface area (Å²) in [5.41, 5.74) is 0.248. The predicted molar refractivity (Wildman–Crippen MR) is 75.0 cm³/mol. The minimum Gasteiger partial charge on any atom is -0.377 e. The first-order valence-electron chi connectivity index (χ1n) is 7.24. The molecular formula is C14H29N3O. The van der Waals surface area contributed by atoms with Crippen molar-refractivity contribution in [2.45, 2.75) is 44.4 Å². The minimum absolute atomic E-state index is 0.248. The highest BCUT2D eigenvalue weighted by atomic mass is 16.5. The van der Waals surface area contributed by atoms with Crippen LogP contribution < -0.4 is 5.32 Å². The van der Waals surface area contributed by atoms with Gasteiger partial charge in [-0.25, -0.2) is 0 Å². The summed E-state index contributed by atoms with van der Waals surface area (Å²) in [6, 6.07) is 0.597. The van der Waals surface area contributed by atoms with E-state index in [9.17, 15) is 0 Å². The van der Waals surface area contributed by atoms with Gasteiger partial charge in [-0.1, -0.05) is 0 Å². The van der Waals surface area contributed by atoms with Gasteiger partial charge in [-0.3, -0.25) is 9.80 Å². The Hall–Kier alpha value is -0.160. The zero-order valence-corrected chi connectivity index (χ0v) is 12.4. The molecule has 2 heterocycles. The maximum absolute atomic E-state index is 5.78. The predicted octanol–water partition coefficient (Wildman–Crippen LogP) is 0.779. The molecule has 0 saturated carbocycles. The van der Waals surface area contributed by atoms with Gasteiger partial charge >= 0.3 is 0 Å². The van der Waals surface area contributed by atoms with Crippen LogP contribution in [-0.4, -0.2) is 74.4 Å². The monoisotopic (exact) mass is 255 g/mol. The van der Waals surface area contributed by atoms with E-state index in [2.05, 4.69) is 36.0 Å². The molecule has 0 aromatic carbocycles. The van der Waals surface area contributed by atoms with Crippen LogP contribution in [0.4, 0.5) is 0 Å². The molecule has 2 aliphatic heterocycles. The molecule has 0 aliphatic carbocycles. The van der Waals surface area contributed by atoms with E-state index in [0.717, 1.165) is 32.8 Å². The maximum atomic E-state index is 5.78. The Morgan fingerprint density at radius 2 is 2.17 bits per heavy atom. The number of nitrogens with zero attached hydrogens (tertiary/aromatic N) is 2. The number of rotatable bonds is 4. The topological polar surface area (TPSA) is 27.7 Å². The van der Waals surface area contributed by atoms with Gasteiger partial charge in [-0.2, -0.15) is 0 Å². The van der Waals surface area contributed by atoms with Crippen molar-refractivity contribution in [3.8, 4) is 0 Å². The Labute approximate surface area is 112 Å². The van der Waals surface area contributed by atoms with Gasteiger partial charge in [-0.15, -0.1) is 0 Å². The van der Waals surface area contributed by atoms with E-state index in [1.165, 1.54) is 12.8 Å². The highest BCUT2D eigenvalue weighted by Gasteiger charge is 2.37. The fraction of sp³-hybridized carbons (Fsp3) is 1.00. The summed E-state index contributed by atoms with van der Waals surface area (Å²) in [4.78, 5) is 5.12.